The van der Waals surface area contributed by atoms with Crippen LogP contribution >= 0.6 is 0 Å². The molecular formula is C20H21N7O3. The van der Waals surface area contributed by atoms with Crippen LogP contribution in [0.5, 0.6) is 0 Å². The number of piperidine rings is 1. The van der Waals surface area contributed by atoms with Gasteiger partial charge in [0, 0.05) is 24.7 Å². The highest BCUT2D eigenvalue weighted by atomic mass is 16.5. The molecule has 1 aromatic carbocycles. The average molecular weight is 407 g/mol. The average Bonchev–Trinajstić information content (AvgIpc) is 3.34. The Kier molecular flexibility index (Phi) is 5.64. The van der Waals surface area contributed by atoms with Gasteiger partial charge in [0.25, 0.3) is 0 Å². The van der Waals surface area contributed by atoms with Gasteiger partial charge in [-0.05, 0) is 49.2 Å². The number of methoxy groups -OCH3 is 1. The Hall–Kier alpha value is -3.82. The third-order valence-electron chi connectivity index (χ3n) is 5.05. The van der Waals surface area contributed by atoms with Gasteiger partial charge in [0.15, 0.2) is 11.6 Å². The molecule has 3 aromatic rings. The molecule has 4 rings (SSSR count). The van der Waals surface area contributed by atoms with Crippen LogP contribution in [0, 0.1) is 5.92 Å². The molecule has 10 heteroatoms. The lowest BCUT2D eigenvalue weighted by molar-refractivity contribution is -0.120. The Bertz CT molecular complexity index is 996. The maximum absolute atomic E-state index is 12.6. The first-order chi connectivity index (χ1) is 14.6. The van der Waals surface area contributed by atoms with E-state index in [0.717, 1.165) is 31.7 Å². The number of nitrogens with one attached hydrogen (secondary N) is 1. The molecule has 0 spiro atoms. The monoisotopic (exact) mass is 407 g/mol. The van der Waals surface area contributed by atoms with Crippen molar-refractivity contribution in [1.82, 2.24) is 25.0 Å². The Morgan fingerprint density at radius 1 is 1.03 bits per heavy atom. The second-order valence-corrected chi connectivity index (χ2v) is 6.91. The quantitative estimate of drug-likeness (QED) is 0.636. The summed E-state index contributed by atoms with van der Waals surface area (Å²) in [7, 11) is 1.33. The molecule has 0 radical (unpaired) electrons. The van der Waals surface area contributed by atoms with E-state index >= 15 is 0 Å². The number of hydrogen-bond donors (Lipinski definition) is 1. The van der Waals surface area contributed by atoms with Crippen LogP contribution in [0.1, 0.15) is 23.2 Å². The summed E-state index contributed by atoms with van der Waals surface area (Å²) < 4.78 is 6.22. The van der Waals surface area contributed by atoms with Crippen LogP contribution in [0.25, 0.3) is 5.82 Å². The van der Waals surface area contributed by atoms with Crippen LogP contribution in [-0.2, 0) is 9.53 Å². The van der Waals surface area contributed by atoms with E-state index in [9.17, 15) is 9.59 Å². The van der Waals surface area contributed by atoms with Crippen LogP contribution < -0.4 is 10.2 Å². The molecule has 154 valence electrons. The number of rotatable bonds is 5. The SMILES string of the molecule is COC(=O)c1ccc(NC(=O)C2CCN(c3ccc(-n4cncn4)nn3)CC2)cc1. The number of aromatic nitrogens is 5. The van der Waals surface area contributed by atoms with Crippen LogP contribution in [0.15, 0.2) is 49.1 Å². The van der Waals surface area contributed by atoms with E-state index in [-0.39, 0.29) is 11.8 Å². The number of hydrogen-bond acceptors (Lipinski definition) is 8. The number of amides is 1. The Labute approximate surface area is 172 Å². The predicted molar refractivity (Wildman–Crippen MR) is 108 cm³/mol. The van der Waals surface area contributed by atoms with Gasteiger partial charge in [0.05, 0.1) is 12.7 Å². The summed E-state index contributed by atoms with van der Waals surface area (Å²) in [6.45, 7) is 1.44. The molecular weight excluding hydrogens is 386 g/mol. The van der Waals surface area contributed by atoms with Crippen molar-refractivity contribution in [2.45, 2.75) is 12.8 Å². The van der Waals surface area contributed by atoms with Gasteiger partial charge in [0.2, 0.25) is 5.91 Å². The van der Waals surface area contributed by atoms with Crippen molar-refractivity contribution in [2.24, 2.45) is 5.92 Å². The maximum Gasteiger partial charge on any atom is 0.337 e. The summed E-state index contributed by atoms with van der Waals surface area (Å²) in [5.41, 5.74) is 1.10. The van der Waals surface area contributed by atoms with Crippen LogP contribution in [0.3, 0.4) is 0 Å². The fourth-order valence-corrected chi connectivity index (χ4v) is 3.36. The van der Waals surface area contributed by atoms with Gasteiger partial charge in [-0.25, -0.2) is 14.5 Å². The molecule has 1 aliphatic heterocycles. The largest absolute Gasteiger partial charge is 0.465 e. The molecule has 1 amide bonds. The third-order valence-corrected chi connectivity index (χ3v) is 5.05. The second-order valence-electron chi connectivity index (χ2n) is 6.91. The number of carbonyl (C=O) groups excluding carboxylic acids is 2. The molecule has 2 aromatic heterocycles. The number of ether oxygens (including phenoxy) is 1. The fourth-order valence-electron chi connectivity index (χ4n) is 3.36. The summed E-state index contributed by atoms with van der Waals surface area (Å²) >= 11 is 0. The molecule has 1 saturated heterocycles. The number of nitrogens with zero attached hydrogens (tertiary/aromatic N) is 6. The van der Waals surface area contributed by atoms with E-state index in [1.165, 1.54) is 13.4 Å². The Morgan fingerprint density at radius 2 is 1.73 bits per heavy atom. The first-order valence-electron chi connectivity index (χ1n) is 9.57. The molecule has 10 nitrogen and oxygen atoms in total. The summed E-state index contributed by atoms with van der Waals surface area (Å²) in [5.74, 6) is 0.870. The van der Waals surface area contributed by atoms with E-state index in [1.807, 2.05) is 12.1 Å². The highest BCUT2D eigenvalue weighted by Crippen LogP contribution is 2.23. The summed E-state index contributed by atoms with van der Waals surface area (Å²) in [6.07, 6.45) is 4.45. The molecule has 0 unspecified atom stereocenters. The van der Waals surface area contributed by atoms with Gasteiger partial charge in [-0.2, -0.15) is 5.10 Å². The number of esters is 1. The van der Waals surface area contributed by atoms with Crippen molar-refractivity contribution in [3.05, 3.63) is 54.6 Å². The van der Waals surface area contributed by atoms with E-state index in [1.54, 1.807) is 35.3 Å². The zero-order chi connectivity index (χ0) is 20.9. The van der Waals surface area contributed by atoms with Crippen LogP contribution in [0.2, 0.25) is 0 Å². The van der Waals surface area contributed by atoms with E-state index < -0.39 is 5.97 Å². The first kappa shape index (κ1) is 19.5. The zero-order valence-electron chi connectivity index (χ0n) is 16.4. The topological polar surface area (TPSA) is 115 Å². The van der Waals surface area contributed by atoms with Crippen molar-refractivity contribution in [1.29, 1.82) is 0 Å². The van der Waals surface area contributed by atoms with Crippen LogP contribution in [-0.4, -0.2) is 57.0 Å². The highest BCUT2D eigenvalue weighted by Gasteiger charge is 2.26. The number of carbonyl (C=O) groups is 2. The van der Waals surface area contributed by atoms with Crippen molar-refractivity contribution < 1.29 is 14.3 Å². The first-order valence-corrected chi connectivity index (χ1v) is 9.57. The molecule has 30 heavy (non-hydrogen) atoms. The lowest BCUT2D eigenvalue weighted by Gasteiger charge is -2.31. The molecule has 0 aliphatic carbocycles. The summed E-state index contributed by atoms with van der Waals surface area (Å²) in [6, 6.07) is 10.4. The van der Waals surface area contributed by atoms with Gasteiger partial charge in [-0.1, -0.05) is 0 Å². The molecule has 3 heterocycles. The van der Waals surface area contributed by atoms with Gasteiger partial charge >= 0.3 is 5.97 Å². The number of anilines is 2. The van der Waals surface area contributed by atoms with Gasteiger partial charge in [-0.15, -0.1) is 10.2 Å². The van der Waals surface area contributed by atoms with E-state index in [0.29, 0.717) is 17.1 Å². The zero-order valence-corrected chi connectivity index (χ0v) is 16.4. The normalized spacial score (nSPS) is 14.4. The maximum atomic E-state index is 12.6. The molecule has 0 bridgehead atoms. The lowest BCUT2D eigenvalue weighted by Crippen LogP contribution is -2.38. The highest BCUT2D eigenvalue weighted by molar-refractivity contribution is 5.94. The third kappa shape index (κ3) is 4.27. The van der Waals surface area contributed by atoms with Crippen molar-refractivity contribution in [3.8, 4) is 5.82 Å². The Balaban J connectivity index is 1.30. The van der Waals surface area contributed by atoms with Gasteiger partial charge in [0.1, 0.15) is 12.7 Å². The Morgan fingerprint density at radius 3 is 2.33 bits per heavy atom. The molecule has 1 N–H and O–H groups in total. The second kappa shape index (κ2) is 8.68. The summed E-state index contributed by atoms with van der Waals surface area (Å²) in [5, 5.41) is 15.4. The van der Waals surface area contributed by atoms with Gasteiger partial charge in [-0.3, -0.25) is 4.79 Å². The van der Waals surface area contributed by atoms with Crippen molar-refractivity contribution in [3.63, 3.8) is 0 Å². The summed E-state index contributed by atoms with van der Waals surface area (Å²) in [4.78, 5) is 30.1. The molecule has 1 fully saturated rings. The van der Waals surface area contributed by atoms with Crippen molar-refractivity contribution >= 4 is 23.4 Å². The fraction of sp³-hybridized carbons (Fsp3) is 0.300. The van der Waals surface area contributed by atoms with E-state index in [2.05, 4.69) is 35.2 Å². The minimum Gasteiger partial charge on any atom is -0.465 e. The smallest absolute Gasteiger partial charge is 0.337 e. The molecule has 0 atom stereocenters. The lowest BCUT2D eigenvalue weighted by atomic mass is 9.95. The number of benzene rings is 1. The van der Waals surface area contributed by atoms with Crippen molar-refractivity contribution in [2.75, 3.05) is 30.4 Å². The minimum atomic E-state index is -0.405. The molecule has 1 aliphatic rings. The standard InChI is InChI=1S/C20H21N7O3/c1-30-20(29)15-2-4-16(5-3-15)23-19(28)14-8-10-26(11-9-14)17-6-7-18(25-24-17)27-13-21-12-22-27/h2-7,12-14H,8-11H2,1H3,(H,23,28). The molecule has 0 saturated carbocycles. The van der Waals surface area contributed by atoms with Crippen LogP contribution in [0.4, 0.5) is 11.5 Å². The van der Waals surface area contributed by atoms with E-state index in [4.69, 9.17) is 0 Å². The minimum absolute atomic E-state index is 0.0203. The predicted octanol–water partition coefficient (Wildman–Crippen LogP) is 1.70. The van der Waals surface area contributed by atoms with Gasteiger partial charge < -0.3 is 15.0 Å².